The molecule has 1 unspecified atom stereocenters. The van der Waals surface area contributed by atoms with Crippen LogP contribution >= 0.6 is 27.7 Å². The molecule has 0 fully saturated rings. The molecule has 1 atom stereocenters. The smallest absolute Gasteiger partial charge is 0.0344 e. The molecule has 2 rings (SSSR count). The van der Waals surface area contributed by atoms with Crippen LogP contribution in [0.4, 0.5) is 0 Å². The summed E-state index contributed by atoms with van der Waals surface area (Å²) >= 11 is 5.28. The van der Waals surface area contributed by atoms with Gasteiger partial charge in [-0.05, 0) is 48.2 Å². The standard InChI is InChI=1S/C17H21BrN2S/c1-2-13-3-5-14(6-4-13)11-16(20-19)12-21-17-9-7-15(18)8-10-17/h3-10,16,20H,2,11-12,19H2,1H3. The molecule has 3 N–H and O–H groups in total. The number of halogens is 1. The Kier molecular flexibility index (Phi) is 6.77. The Morgan fingerprint density at radius 2 is 1.67 bits per heavy atom. The number of nitrogens with one attached hydrogen (secondary N) is 1. The van der Waals surface area contributed by atoms with E-state index in [0.29, 0.717) is 0 Å². The molecule has 0 aliphatic rings. The number of hydrogen-bond donors (Lipinski definition) is 2. The number of hydrogen-bond acceptors (Lipinski definition) is 3. The van der Waals surface area contributed by atoms with E-state index in [1.54, 1.807) is 0 Å². The van der Waals surface area contributed by atoms with E-state index in [2.05, 4.69) is 76.8 Å². The van der Waals surface area contributed by atoms with E-state index >= 15 is 0 Å². The third-order valence-electron chi connectivity index (χ3n) is 3.41. The summed E-state index contributed by atoms with van der Waals surface area (Å²) in [6.45, 7) is 2.17. The van der Waals surface area contributed by atoms with Gasteiger partial charge in [0.1, 0.15) is 0 Å². The summed E-state index contributed by atoms with van der Waals surface area (Å²) in [5, 5.41) is 0. The molecule has 0 amide bonds. The first-order valence-corrected chi connectivity index (χ1v) is 8.91. The SMILES string of the molecule is CCc1ccc(CC(CSc2ccc(Br)cc2)NN)cc1. The average Bonchev–Trinajstić information content (AvgIpc) is 2.53. The van der Waals surface area contributed by atoms with Gasteiger partial charge in [0, 0.05) is 21.2 Å². The molecular formula is C17H21BrN2S. The van der Waals surface area contributed by atoms with Crippen LogP contribution in [0.2, 0.25) is 0 Å². The molecule has 0 saturated carbocycles. The number of nitrogens with two attached hydrogens (primary N) is 1. The van der Waals surface area contributed by atoms with Crippen molar-refractivity contribution in [3.63, 3.8) is 0 Å². The highest BCUT2D eigenvalue weighted by atomic mass is 79.9. The predicted molar refractivity (Wildman–Crippen MR) is 95.5 cm³/mol. The van der Waals surface area contributed by atoms with Gasteiger partial charge in [-0.15, -0.1) is 11.8 Å². The van der Waals surface area contributed by atoms with Crippen LogP contribution in [0.5, 0.6) is 0 Å². The van der Waals surface area contributed by atoms with Crippen LogP contribution in [0.15, 0.2) is 57.9 Å². The molecule has 0 spiro atoms. The monoisotopic (exact) mass is 364 g/mol. The lowest BCUT2D eigenvalue weighted by molar-refractivity contribution is 0.575. The highest BCUT2D eigenvalue weighted by molar-refractivity contribution is 9.10. The lowest BCUT2D eigenvalue weighted by atomic mass is 10.0. The highest BCUT2D eigenvalue weighted by Gasteiger charge is 2.08. The molecular weight excluding hydrogens is 344 g/mol. The average molecular weight is 365 g/mol. The van der Waals surface area contributed by atoms with Crippen molar-refractivity contribution in [3.05, 3.63) is 64.1 Å². The molecule has 4 heteroatoms. The van der Waals surface area contributed by atoms with E-state index in [0.717, 1.165) is 23.1 Å². The molecule has 2 aromatic carbocycles. The topological polar surface area (TPSA) is 38.0 Å². The lowest BCUT2D eigenvalue weighted by Gasteiger charge is -2.16. The molecule has 112 valence electrons. The van der Waals surface area contributed by atoms with E-state index in [1.165, 1.54) is 16.0 Å². The van der Waals surface area contributed by atoms with Gasteiger partial charge >= 0.3 is 0 Å². The highest BCUT2D eigenvalue weighted by Crippen LogP contribution is 2.22. The molecule has 0 aromatic heterocycles. The van der Waals surface area contributed by atoms with E-state index in [9.17, 15) is 0 Å². The number of aryl methyl sites for hydroxylation is 1. The van der Waals surface area contributed by atoms with Crippen molar-refractivity contribution >= 4 is 27.7 Å². The first kappa shape index (κ1) is 16.6. The first-order valence-electron chi connectivity index (χ1n) is 7.13. The third-order valence-corrected chi connectivity index (χ3v) is 5.12. The second-order valence-corrected chi connectivity index (χ2v) is 7.01. The number of rotatable bonds is 7. The van der Waals surface area contributed by atoms with Crippen LogP contribution in [0, 0.1) is 0 Å². The van der Waals surface area contributed by atoms with Crippen molar-refractivity contribution in [3.8, 4) is 0 Å². The zero-order valence-corrected chi connectivity index (χ0v) is 14.6. The summed E-state index contributed by atoms with van der Waals surface area (Å²) in [7, 11) is 0. The Labute approximate surface area is 139 Å². The maximum Gasteiger partial charge on any atom is 0.0344 e. The van der Waals surface area contributed by atoms with Crippen LogP contribution in [0.25, 0.3) is 0 Å². The number of hydrazine groups is 1. The maximum atomic E-state index is 5.69. The van der Waals surface area contributed by atoms with Gasteiger partial charge in [0.25, 0.3) is 0 Å². The van der Waals surface area contributed by atoms with Gasteiger partial charge in [-0.3, -0.25) is 11.3 Å². The van der Waals surface area contributed by atoms with Crippen molar-refractivity contribution in [2.24, 2.45) is 5.84 Å². The minimum absolute atomic E-state index is 0.270. The molecule has 21 heavy (non-hydrogen) atoms. The summed E-state index contributed by atoms with van der Waals surface area (Å²) in [6.07, 6.45) is 2.03. The molecule has 0 bridgehead atoms. The lowest BCUT2D eigenvalue weighted by Crippen LogP contribution is -2.38. The van der Waals surface area contributed by atoms with Gasteiger partial charge in [0.15, 0.2) is 0 Å². The fourth-order valence-corrected chi connectivity index (χ4v) is 3.29. The fraction of sp³-hybridized carbons (Fsp3) is 0.294. The second kappa shape index (κ2) is 8.59. The van der Waals surface area contributed by atoms with Crippen molar-refractivity contribution < 1.29 is 0 Å². The van der Waals surface area contributed by atoms with Gasteiger partial charge in [0.2, 0.25) is 0 Å². The van der Waals surface area contributed by atoms with E-state index in [4.69, 9.17) is 5.84 Å². The normalized spacial score (nSPS) is 12.3. The Hall–Kier alpha value is -0.810. The van der Waals surface area contributed by atoms with E-state index < -0.39 is 0 Å². The van der Waals surface area contributed by atoms with E-state index in [1.807, 2.05) is 11.8 Å². The second-order valence-electron chi connectivity index (χ2n) is 5.00. The van der Waals surface area contributed by atoms with Gasteiger partial charge in [-0.25, -0.2) is 0 Å². The predicted octanol–water partition coefficient (Wildman–Crippen LogP) is 4.18. The molecule has 0 heterocycles. The van der Waals surface area contributed by atoms with Crippen molar-refractivity contribution in [1.29, 1.82) is 0 Å². The quantitative estimate of drug-likeness (QED) is 0.439. The Bertz CT molecular complexity index is 540. The summed E-state index contributed by atoms with van der Waals surface area (Å²) in [5.41, 5.74) is 5.63. The van der Waals surface area contributed by atoms with Gasteiger partial charge < -0.3 is 0 Å². The van der Waals surface area contributed by atoms with Crippen molar-refractivity contribution in [2.45, 2.75) is 30.7 Å². The zero-order chi connectivity index (χ0) is 15.1. The van der Waals surface area contributed by atoms with Gasteiger partial charge in [-0.2, -0.15) is 0 Å². The Morgan fingerprint density at radius 3 is 2.24 bits per heavy atom. The van der Waals surface area contributed by atoms with Crippen LogP contribution < -0.4 is 11.3 Å². The van der Waals surface area contributed by atoms with Gasteiger partial charge in [-0.1, -0.05) is 47.1 Å². The number of thioether (sulfide) groups is 1. The van der Waals surface area contributed by atoms with Crippen molar-refractivity contribution in [2.75, 3.05) is 5.75 Å². The van der Waals surface area contributed by atoms with Gasteiger partial charge in [0.05, 0.1) is 0 Å². The Morgan fingerprint density at radius 1 is 1.05 bits per heavy atom. The molecule has 0 aliphatic carbocycles. The number of benzene rings is 2. The Balaban J connectivity index is 1.88. The van der Waals surface area contributed by atoms with Crippen molar-refractivity contribution in [1.82, 2.24) is 5.43 Å². The van der Waals surface area contributed by atoms with Crippen LogP contribution in [0.3, 0.4) is 0 Å². The minimum Gasteiger partial charge on any atom is -0.271 e. The molecule has 0 saturated heterocycles. The first-order chi connectivity index (χ1) is 10.2. The van der Waals surface area contributed by atoms with E-state index in [-0.39, 0.29) is 6.04 Å². The largest absolute Gasteiger partial charge is 0.271 e. The van der Waals surface area contributed by atoms with Crippen LogP contribution in [-0.2, 0) is 12.8 Å². The molecule has 0 radical (unpaired) electrons. The minimum atomic E-state index is 0.270. The molecule has 2 aromatic rings. The summed E-state index contributed by atoms with van der Waals surface area (Å²) < 4.78 is 1.11. The van der Waals surface area contributed by atoms with Crippen LogP contribution in [-0.4, -0.2) is 11.8 Å². The molecule has 2 nitrogen and oxygen atoms in total. The zero-order valence-electron chi connectivity index (χ0n) is 12.2. The summed E-state index contributed by atoms with van der Waals surface area (Å²) in [4.78, 5) is 1.26. The summed E-state index contributed by atoms with van der Waals surface area (Å²) in [5.74, 6) is 6.65. The molecule has 0 aliphatic heterocycles. The summed E-state index contributed by atoms with van der Waals surface area (Å²) in [6, 6.07) is 17.5. The third kappa shape index (κ3) is 5.47. The fourth-order valence-electron chi connectivity index (χ4n) is 2.09. The maximum absolute atomic E-state index is 5.69. The van der Waals surface area contributed by atoms with Crippen LogP contribution in [0.1, 0.15) is 18.1 Å².